The summed E-state index contributed by atoms with van der Waals surface area (Å²) >= 11 is 5.35. The number of piperazine rings is 1. The van der Waals surface area contributed by atoms with Crippen LogP contribution in [-0.2, 0) is 6.42 Å². The Kier molecular flexibility index (Phi) is 6.88. The van der Waals surface area contributed by atoms with Crippen molar-refractivity contribution in [1.29, 1.82) is 0 Å². The van der Waals surface area contributed by atoms with Crippen LogP contribution in [0.5, 0.6) is 11.5 Å². The summed E-state index contributed by atoms with van der Waals surface area (Å²) in [5.74, 6) is 1.50. The average Bonchev–Trinajstić information content (AvgIpc) is 2.56. The maximum absolute atomic E-state index is 5.35. The number of nitrogens with one attached hydrogen (secondary N) is 2. The van der Waals surface area contributed by atoms with Gasteiger partial charge in [0.1, 0.15) is 0 Å². The number of hydrogen-bond donors (Lipinski definition) is 2. The van der Waals surface area contributed by atoms with E-state index >= 15 is 0 Å². The second-order valence-corrected chi connectivity index (χ2v) is 6.01. The van der Waals surface area contributed by atoms with Gasteiger partial charge in [-0.25, -0.2) is 5.01 Å². The number of nitrogens with zero attached hydrogens (tertiary/aromatic N) is 2. The number of thiocarbonyl (C=S) groups is 1. The summed E-state index contributed by atoms with van der Waals surface area (Å²) in [6.07, 6.45) is 0.866. The van der Waals surface area contributed by atoms with E-state index in [1.165, 1.54) is 5.56 Å². The van der Waals surface area contributed by atoms with E-state index in [-0.39, 0.29) is 0 Å². The molecule has 0 saturated carbocycles. The summed E-state index contributed by atoms with van der Waals surface area (Å²) in [6.45, 7) is 4.85. The van der Waals surface area contributed by atoms with Crippen molar-refractivity contribution >= 4 is 17.3 Å². The van der Waals surface area contributed by atoms with Crippen LogP contribution >= 0.6 is 12.2 Å². The zero-order chi connectivity index (χ0) is 16.7. The van der Waals surface area contributed by atoms with E-state index in [0.717, 1.165) is 50.6 Å². The number of likely N-dealkylation sites (N-methyl/N-ethyl adjacent to an activating group) is 1. The smallest absolute Gasteiger partial charge is 0.181 e. The standard InChI is InChI=1S/C16H26N4O2S/c1-19-8-10-20(11-9-19)18-16(23)17-7-6-13-4-5-14(21-2)15(12-13)22-3/h4-5,12H,6-11H2,1-3H3,(H2,17,18,23). The van der Waals surface area contributed by atoms with E-state index in [1.807, 2.05) is 18.2 Å². The predicted molar refractivity (Wildman–Crippen MR) is 96.1 cm³/mol. The quantitative estimate of drug-likeness (QED) is 0.747. The van der Waals surface area contributed by atoms with Gasteiger partial charge in [-0.15, -0.1) is 0 Å². The predicted octanol–water partition coefficient (Wildman–Crippen LogP) is 0.873. The lowest BCUT2D eigenvalue weighted by atomic mass is 10.1. The molecule has 1 fully saturated rings. The Morgan fingerprint density at radius 2 is 1.83 bits per heavy atom. The normalized spacial score (nSPS) is 16.0. The van der Waals surface area contributed by atoms with Gasteiger partial charge in [-0.2, -0.15) is 0 Å². The van der Waals surface area contributed by atoms with Gasteiger partial charge in [-0.05, 0) is 43.4 Å². The minimum absolute atomic E-state index is 0.676. The molecule has 128 valence electrons. The SMILES string of the molecule is COc1ccc(CCNC(=S)NN2CCN(C)CC2)cc1OC. The summed E-state index contributed by atoms with van der Waals surface area (Å²) in [7, 11) is 5.42. The zero-order valence-electron chi connectivity index (χ0n) is 14.1. The molecule has 0 spiro atoms. The summed E-state index contributed by atoms with van der Waals surface area (Å²) < 4.78 is 10.6. The van der Waals surface area contributed by atoms with Gasteiger partial charge < -0.3 is 19.7 Å². The van der Waals surface area contributed by atoms with Gasteiger partial charge >= 0.3 is 0 Å². The Labute approximate surface area is 143 Å². The monoisotopic (exact) mass is 338 g/mol. The minimum Gasteiger partial charge on any atom is -0.493 e. The van der Waals surface area contributed by atoms with Crippen molar-refractivity contribution in [3.63, 3.8) is 0 Å². The molecule has 1 saturated heterocycles. The fourth-order valence-corrected chi connectivity index (χ4v) is 2.69. The Morgan fingerprint density at radius 3 is 2.48 bits per heavy atom. The Morgan fingerprint density at radius 1 is 1.13 bits per heavy atom. The summed E-state index contributed by atoms with van der Waals surface area (Å²) in [5.41, 5.74) is 4.43. The lowest BCUT2D eigenvalue weighted by molar-refractivity contribution is 0.130. The Hall–Kier alpha value is -1.57. The molecule has 1 aliphatic heterocycles. The van der Waals surface area contributed by atoms with E-state index in [0.29, 0.717) is 5.11 Å². The van der Waals surface area contributed by atoms with Crippen molar-refractivity contribution in [3.05, 3.63) is 23.8 Å². The van der Waals surface area contributed by atoms with E-state index < -0.39 is 0 Å². The molecule has 2 rings (SSSR count). The van der Waals surface area contributed by atoms with E-state index in [4.69, 9.17) is 21.7 Å². The first-order valence-corrected chi connectivity index (χ1v) is 8.22. The molecular weight excluding hydrogens is 312 g/mol. The molecule has 0 radical (unpaired) electrons. The number of benzene rings is 1. The van der Waals surface area contributed by atoms with Crippen LogP contribution < -0.4 is 20.2 Å². The van der Waals surface area contributed by atoms with Crippen LogP contribution in [0.25, 0.3) is 0 Å². The Bertz CT molecular complexity index is 519. The van der Waals surface area contributed by atoms with Crippen molar-refractivity contribution in [3.8, 4) is 11.5 Å². The van der Waals surface area contributed by atoms with Gasteiger partial charge in [-0.1, -0.05) is 6.07 Å². The minimum atomic E-state index is 0.676. The summed E-state index contributed by atoms with van der Waals surface area (Å²) in [4.78, 5) is 2.31. The van der Waals surface area contributed by atoms with Crippen molar-refractivity contribution in [1.82, 2.24) is 20.7 Å². The molecule has 0 amide bonds. The number of methoxy groups -OCH3 is 2. The van der Waals surface area contributed by atoms with Gasteiger partial charge in [-0.3, -0.25) is 5.43 Å². The van der Waals surface area contributed by atoms with Gasteiger partial charge in [0.25, 0.3) is 0 Å². The number of hydrazine groups is 1. The van der Waals surface area contributed by atoms with Crippen LogP contribution in [0.2, 0.25) is 0 Å². The van der Waals surface area contributed by atoms with Gasteiger partial charge in [0.05, 0.1) is 14.2 Å². The molecule has 0 atom stereocenters. The largest absolute Gasteiger partial charge is 0.493 e. The van der Waals surface area contributed by atoms with Crippen LogP contribution in [0.4, 0.5) is 0 Å². The van der Waals surface area contributed by atoms with Crippen LogP contribution in [0, 0.1) is 0 Å². The molecule has 7 heteroatoms. The van der Waals surface area contributed by atoms with Crippen molar-refractivity contribution in [2.75, 3.05) is 54.0 Å². The third kappa shape index (κ3) is 5.53. The molecule has 23 heavy (non-hydrogen) atoms. The number of rotatable bonds is 6. The van der Waals surface area contributed by atoms with Gasteiger partial charge in [0, 0.05) is 32.7 Å². The number of hydrogen-bond acceptors (Lipinski definition) is 5. The van der Waals surface area contributed by atoms with Crippen molar-refractivity contribution < 1.29 is 9.47 Å². The second-order valence-electron chi connectivity index (χ2n) is 5.60. The van der Waals surface area contributed by atoms with Crippen LogP contribution in [0.3, 0.4) is 0 Å². The second kappa shape index (κ2) is 8.90. The number of ether oxygens (including phenoxy) is 2. The van der Waals surface area contributed by atoms with Crippen LogP contribution in [-0.4, -0.2) is 69.0 Å². The molecule has 0 aliphatic carbocycles. The van der Waals surface area contributed by atoms with Crippen LogP contribution in [0.1, 0.15) is 5.56 Å². The summed E-state index contributed by atoms with van der Waals surface area (Å²) in [6, 6.07) is 5.96. The molecule has 1 heterocycles. The first kappa shape index (κ1) is 17.8. The fourth-order valence-electron chi connectivity index (χ4n) is 2.46. The van der Waals surface area contributed by atoms with Gasteiger partial charge in [0.15, 0.2) is 16.6 Å². The fraction of sp³-hybridized carbons (Fsp3) is 0.562. The first-order chi connectivity index (χ1) is 11.1. The van der Waals surface area contributed by atoms with Crippen molar-refractivity contribution in [2.24, 2.45) is 0 Å². The zero-order valence-corrected chi connectivity index (χ0v) is 14.9. The maximum Gasteiger partial charge on any atom is 0.181 e. The molecule has 0 aromatic heterocycles. The highest BCUT2D eigenvalue weighted by Gasteiger charge is 2.14. The highest BCUT2D eigenvalue weighted by Crippen LogP contribution is 2.27. The lowest BCUT2D eigenvalue weighted by Gasteiger charge is -2.33. The third-order valence-corrected chi connectivity index (χ3v) is 4.15. The summed E-state index contributed by atoms with van der Waals surface area (Å²) in [5, 5.41) is 6.08. The Balaban J connectivity index is 1.73. The molecule has 0 bridgehead atoms. The molecular formula is C16H26N4O2S. The first-order valence-electron chi connectivity index (χ1n) is 7.81. The highest BCUT2D eigenvalue weighted by molar-refractivity contribution is 7.80. The molecule has 0 unspecified atom stereocenters. The molecule has 6 nitrogen and oxygen atoms in total. The van der Waals surface area contributed by atoms with Gasteiger partial charge in [0.2, 0.25) is 0 Å². The highest BCUT2D eigenvalue weighted by atomic mass is 32.1. The topological polar surface area (TPSA) is 49.0 Å². The third-order valence-electron chi connectivity index (χ3n) is 3.91. The molecule has 1 aliphatic rings. The van der Waals surface area contributed by atoms with E-state index in [1.54, 1.807) is 14.2 Å². The average molecular weight is 338 g/mol. The van der Waals surface area contributed by atoms with E-state index in [9.17, 15) is 0 Å². The van der Waals surface area contributed by atoms with Crippen molar-refractivity contribution in [2.45, 2.75) is 6.42 Å². The molecule has 1 aromatic rings. The molecule has 1 aromatic carbocycles. The van der Waals surface area contributed by atoms with Crippen LogP contribution in [0.15, 0.2) is 18.2 Å². The maximum atomic E-state index is 5.35. The van der Waals surface area contributed by atoms with E-state index in [2.05, 4.69) is 27.7 Å². The molecule has 2 N–H and O–H groups in total. The lowest BCUT2D eigenvalue weighted by Crippen LogP contribution is -2.54.